The van der Waals surface area contributed by atoms with E-state index in [2.05, 4.69) is 0 Å². The second-order valence-corrected chi connectivity index (χ2v) is 5.15. The number of anilines is 1. The largest absolute Gasteiger partial charge is 0.481 e. The van der Waals surface area contributed by atoms with Crippen molar-refractivity contribution >= 4 is 17.7 Å². The average molecular weight is 280 g/mol. The highest BCUT2D eigenvalue weighted by Crippen LogP contribution is 2.25. The number of likely N-dealkylation sites (tertiary alicyclic amines) is 1. The maximum absolute atomic E-state index is 12.9. The average Bonchev–Trinajstić information content (AvgIpc) is 2.80. The van der Waals surface area contributed by atoms with Gasteiger partial charge in [-0.25, -0.2) is 9.18 Å². The summed E-state index contributed by atoms with van der Waals surface area (Å²) in [5.74, 6) is -1.84. The minimum absolute atomic E-state index is 0.0712. The normalized spacial score (nSPS) is 21.9. The molecular weight excluding hydrogens is 263 g/mol. The van der Waals surface area contributed by atoms with Crippen LogP contribution in [0.1, 0.15) is 6.92 Å². The molecule has 0 saturated carbocycles. The second kappa shape index (κ2) is 5.48. The molecule has 108 valence electrons. The SMILES string of the molecule is C[C@@H]1CN(C(=O)N(C)c2ccc(F)cc2)C[C@H]1C(=O)O. The van der Waals surface area contributed by atoms with Gasteiger partial charge in [-0.1, -0.05) is 6.92 Å². The molecule has 0 bridgehead atoms. The fourth-order valence-electron chi connectivity index (χ4n) is 2.43. The lowest BCUT2D eigenvalue weighted by Gasteiger charge is -2.24. The number of urea groups is 1. The summed E-state index contributed by atoms with van der Waals surface area (Å²) in [7, 11) is 1.59. The van der Waals surface area contributed by atoms with E-state index in [1.54, 1.807) is 7.05 Å². The number of carbonyl (C=O) groups excluding carboxylic acids is 1. The highest BCUT2D eigenvalue weighted by molar-refractivity contribution is 5.92. The van der Waals surface area contributed by atoms with Crippen molar-refractivity contribution in [1.29, 1.82) is 0 Å². The van der Waals surface area contributed by atoms with E-state index in [1.807, 2.05) is 6.92 Å². The van der Waals surface area contributed by atoms with Gasteiger partial charge in [0.15, 0.2) is 0 Å². The third-order valence-electron chi connectivity index (χ3n) is 3.70. The van der Waals surface area contributed by atoms with Crippen LogP contribution in [0.5, 0.6) is 0 Å². The molecule has 6 heteroatoms. The first-order valence-electron chi connectivity index (χ1n) is 6.41. The van der Waals surface area contributed by atoms with Gasteiger partial charge in [-0.05, 0) is 30.2 Å². The van der Waals surface area contributed by atoms with E-state index in [1.165, 1.54) is 34.1 Å². The lowest BCUT2D eigenvalue weighted by molar-refractivity contribution is -0.142. The molecule has 1 aliphatic heterocycles. The van der Waals surface area contributed by atoms with Gasteiger partial charge in [0.05, 0.1) is 5.92 Å². The highest BCUT2D eigenvalue weighted by Gasteiger charge is 2.38. The van der Waals surface area contributed by atoms with E-state index in [9.17, 15) is 14.0 Å². The van der Waals surface area contributed by atoms with E-state index in [-0.39, 0.29) is 24.3 Å². The lowest BCUT2D eigenvalue weighted by atomic mass is 9.99. The molecule has 0 aliphatic carbocycles. The van der Waals surface area contributed by atoms with Crippen molar-refractivity contribution < 1.29 is 19.1 Å². The standard InChI is InChI=1S/C14H17FN2O3/c1-9-7-17(8-12(9)13(18)19)14(20)16(2)11-5-3-10(15)4-6-11/h3-6,9,12H,7-8H2,1-2H3,(H,18,19)/t9-,12-/m1/s1. The molecule has 5 nitrogen and oxygen atoms in total. The quantitative estimate of drug-likeness (QED) is 0.901. The van der Waals surface area contributed by atoms with Gasteiger partial charge in [-0.15, -0.1) is 0 Å². The van der Waals surface area contributed by atoms with Crippen LogP contribution in [0.25, 0.3) is 0 Å². The van der Waals surface area contributed by atoms with Crippen LogP contribution in [-0.2, 0) is 4.79 Å². The molecule has 2 amide bonds. The lowest BCUT2D eigenvalue weighted by Crippen LogP contribution is -2.40. The molecule has 0 spiro atoms. The third kappa shape index (κ3) is 2.74. The molecule has 1 aromatic carbocycles. The summed E-state index contributed by atoms with van der Waals surface area (Å²) in [6.07, 6.45) is 0. The van der Waals surface area contributed by atoms with E-state index in [0.29, 0.717) is 12.2 Å². The topological polar surface area (TPSA) is 60.9 Å². The van der Waals surface area contributed by atoms with Gasteiger partial charge in [0.1, 0.15) is 5.82 Å². The number of nitrogens with zero attached hydrogens (tertiary/aromatic N) is 2. The number of benzene rings is 1. The number of amides is 2. The number of halogens is 1. The van der Waals surface area contributed by atoms with Crippen molar-refractivity contribution in [3.05, 3.63) is 30.1 Å². The Morgan fingerprint density at radius 2 is 1.90 bits per heavy atom. The van der Waals surface area contributed by atoms with Gasteiger partial charge in [0.25, 0.3) is 0 Å². The Hall–Kier alpha value is -2.11. The number of rotatable bonds is 2. The molecule has 1 heterocycles. The summed E-state index contributed by atoms with van der Waals surface area (Å²) >= 11 is 0. The van der Waals surface area contributed by atoms with Crippen LogP contribution >= 0.6 is 0 Å². The number of hydrogen-bond donors (Lipinski definition) is 1. The number of carboxylic acids is 1. The predicted octanol–water partition coefficient (Wildman–Crippen LogP) is 2.03. The Bertz CT molecular complexity index is 518. The Balaban J connectivity index is 2.08. The predicted molar refractivity (Wildman–Crippen MR) is 72.1 cm³/mol. The minimum atomic E-state index is -0.878. The summed E-state index contributed by atoms with van der Waals surface area (Å²) in [4.78, 5) is 26.3. The molecule has 0 aromatic heterocycles. The first-order chi connectivity index (χ1) is 9.40. The van der Waals surface area contributed by atoms with Crippen LogP contribution in [0.4, 0.5) is 14.9 Å². The summed E-state index contributed by atoms with van der Waals surface area (Å²) in [5.41, 5.74) is 0.572. The summed E-state index contributed by atoms with van der Waals surface area (Å²) in [6, 6.07) is 5.33. The van der Waals surface area contributed by atoms with Crippen LogP contribution in [-0.4, -0.2) is 42.1 Å². The molecule has 0 radical (unpaired) electrons. The van der Waals surface area contributed by atoms with Gasteiger partial charge in [-0.3, -0.25) is 9.69 Å². The van der Waals surface area contributed by atoms with Crippen molar-refractivity contribution in [3.63, 3.8) is 0 Å². The maximum Gasteiger partial charge on any atom is 0.324 e. The molecule has 2 rings (SSSR count). The van der Waals surface area contributed by atoms with Gasteiger partial charge >= 0.3 is 12.0 Å². The molecule has 0 unspecified atom stereocenters. The molecule has 1 N–H and O–H groups in total. The van der Waals surface area contributed by atoms with Gasteiger partial charge in [0, 0.05) is 25.8 Å². The molecule has 1 fully saturated rings. The van der Waals surface area contributed by atoms with Gasteiger partial charge in [0.2, 0.25) is 0 Å². The third-order valence-corrected chi connectivity index (χ3v) is 3.70. The highest BCUT2D eigenvalue weighted by atomic mass is 19.1. The van der Waals surface area contributed by atoms with Crippen LogP contribution in [0, 0.1) is 17.7 Å². The van der Waals surface area contributed by atoms with E-state index < -0.39 is 11.9 Å². The number of hydrogen-bond acceptors (Lipinski definition) is 2. The first-order valence-corrected chi connectivity index (χ1v) is 6.41. The zero-order chi connectivity index (χ0) is 14.9. The van der Waals surface area contributed by atoms with Crippen LogP contribution in [0.15, 0.2) is 24.3 Å². The molecular formula is C14H17FN2O3. The molecule has 1 aliphatic rings. The smallest absolute Gasteiger partial charge is 0.324 e. The van der Waals surface area contributed by atoms with Crippen molar-refractivity contribution in [2.45, 2.75) is 6.92 Å². The van der Waals surface area contributed by atoms with E-state index in [4.69, 9.17) is 5.11 Å². The first kappa shape index (κ1) is 14.3. The van der Waals surface area contributed by atoms with Crippen molar-refractivity contribution in [3.8, 4) is 0 Å². The Morgan fingerprint density at radius 3 is 2.40 bits per heavy atom. The van der Waals surface area contributed by atoms with Crippen molar-refractivity contribution in [1.82, 2.24) is 4.90 Å². The summed E-state index contributed by atoms with van der Waals surface area (Å²) in [6.45, 7) is 2.45. The van der Waals surface area contributed by atoms with Crippen molar-refractivity contribution in [2.24, 2.45) is 11.8 Å². The van der Waals surface area contributed by atoms with Crippen LogP contribution < -0.4 is 4.90 Å². The Labute approximate surface area is 116 Å². The molecule has 20 heavy (non-hydrogen) atoms. The van der Waals surface area contributed by atoms with Crippen molar-refractivity contribution in [2.75, 3.05) is 25.0 Å². The number of aliphatic carboxylic acids is 1. The second-order valence-electron chi connectivity index (χ2n) is 5.15. The number of carbonyl (C=O) groups is 2. The van der Waals surface area contributed by atoms with Gasteiger partial charge in [-0.2, -0.15) is 0 Å². The van der Waals surface area contributed by atoms with Crippen LogP contribution in [0.2, 0.25) is 0 Å². The zero-order valence-electron chi connectivity index (χ0n) is 11.4. The maximum atomic E-state index is 12.9. The number of carboxylic acid groups (broad SMARTS) is 1. The van der Waals surface area contributed by atoms with E-state index in [0.717, 1.165) is 0 Å². The minimum Gasteiger partial charge on any atom is -0.481 e. The monoisotopic (exact) mass is 280 g/mol. The fourth-order valence-corrected chi connectivity index (χ4v) is 2.43. The molecule has 1 aromatic rings. The van der Waals surface area contributed by atoms with Gasteiger partial charge < -0.3 is 10.0 Å². The molecule has 2 atom stereocenters. The van der Waals surface area contributed by atoms with E-state index >= 15 is 0 Å². The summed E-state index contributed by atoms with van der Waals surface area (Å²) < 4.78 is 12.9. The summed E-state index contributed by atoms with van der Waals surface area (Å²) in [5, 5.41) is 9.08. The van der Waals surface area contributed by atoms with Crippen LogP contribution in [0.3, 0.4) is 0 Å². The Morgan fingerprint density at radius 1 is 1.30 bits per heavy atom. The molecule has 1 saturated heterocycles. The zero-order valence-corrected chi connectivity index (χ0v) is 11.4. The Kier molecular flexibility index (Phi) is 3.92. The fraction of sp³-hybridized carbons (Fsp3) is 0.429.